The van der Waals surface area contributed by atoms with Gasteiger partial charge in [-0.2, -0.15) is 0 Å². The van der Waals surface area contributed by atoms with E-state index < -0.39 is 0 Å². The molecule has 0 aliphatic carbocycles. The molecule has 1 aromatic rings. The normalized spacial score (nSPS) is 10.4. The van der Waals surface area contributed by atoms with E-state index in [4.69, 9.17) is 0 Å². The highest BCUT2D eigenvalue weighted by Crippen LogP contribution is 2.18. The van der Waals surface area contributed by atoms with Gasteiger partial charge in [-0.25, -0.2) is 0 Å². The molecule has 0 aliphatic heterocycles. The molecule has 110 valence electrons. The molecule has 0 saturated carbocycles. The summed E-state index contributed by atoms with van der Waals surface area (Å²) < 4.78 is 0. The Labute approximate surface area is 119 Å². The number of hydrogen-bond donors (Lipinski definition) is 2. The van der Waals surface area contributed by atoms with Gasteiger partial charge in [0.2, 0.25) is 5.91 Å². The Balaban J connectivity index is 2.81. The summed E-state index contributed by atoms with van der Waals surface area (Å²) in [6, 6.07) is 4.73. The standard InChI is InChI=1S/C15H22N2O3/c1-5-17(9-14(19)16-10(2)3)15(20)12-6-7-13(18)11(4)8-12/h6-8,10,18H,5,9H2,1-4H3,(H,16,19). The molecule has 5 heteroatoms. The van der Waals surface area contributed by atoms with Gasteiger partial charge in [0.1, 0.15) is 5.75 Å². The number of carbonyl (C=O) groups excluding carboxylic acids is 2. The number of phenols is 1. The second kappa shape index (κ2) is 6.93. The number of phenolic OH excluding ortho intramolecular Hbond substituents is 1. The van der Waals surface area contributed by atoms with Crippen LogP contribution in [0.3, 0.4) is 0 Å². The van der Waals surface area contributed by atoms with Crippen LogP contribution in [0.25, 0.3) is 0 Å². The fourth-order valence-electron chi connectivity index (χ4n) is 1.84. The van der Waals surface area contributed by atoms with Gasteiger partial charge in [-0.3, -0.25) is 9.59 Å². The number of carbonyl (C=O) groups is 2. The lowest BCUT2D eigenvalue weighted by Crippen LogP contribution is -2.42. The van der Waals surface area contributed by atoms with Crippen LogP contribution >= 0.6 is 0 Å². The van der Waals surface area contributed by atoms with Gasteiger partial charge < -0.3 is 15.3 Å². The minimum Gasteiger partial charge on any atom is -0.508 e. The maximum atomic E-state index is 12.3. The highest BCUT2D eigenvalue weighted by molar-refractivity contribution is 5.96. The SMILES string of the molecule is CCN(CC(=O)NC(C)C)C(=O)c1ccc(O)c(C)c1. The number of amides is 2. The highest BCUT2D eigenvalue weighted by atomic mass is 16.3. The molecule has 5 nitrogen and oxygen atoms in total. The molecule has 0 bridgehead atoms. The smallest absolute Gasteiger partial charge is 0.254 e. The molecule has 0 spiro atoms. The number of likely N-dealkylation sites (N-methyl/N-ethyl adjacent to an activating group) is 1. The Hall–Kier alpha value is -2.04. The van der Waals surface area contributed by atoms with Crippen molar-refractivity contribution in [2.75, 3.05) is 13.1 Å². The third kappa shape index (κ3) is 4.26. The number of nitrogens with one attached hydrogen (secondary N) is 1. The summed E-state index contributed by atoms with van der Waals surface area (Å²) in [5.41, 5.74) is 1.11. The minimum absolute atomic E-state index is 0.0352. The summed E-state index contributed by atoms with van der Waals surface area (Å²) in [6.07, 6.45) is 0. The van der Waals surface area contributed by atoms with Crippen LogP contribution in [0.1, 0.15) is 36.7 Å². The Morgan fingerprint density at radius 1 is 1.35 bits per heavy atom. The van der Waals surface area contributed by atoms with Crippen molar-refractivity contribution in [2.24, 2.45) is 0 Å². The van der Waals surface area contributed by atoms with Crippen molar-refractivity contribution in [1.29, 1.82) is 0 Å². The summed E-state index contributed by atoms with van der Waals surface area (Å²) in [4.78, 5) is 25.5. The average molecular weight is 278 g/mol. The second-order valence-electron chi connectivity index (χ2n) is 5.04. The zero-order valence-corrected chi connectivity index (χ0v) is 12.4. The summed E-state index contributed by atoms with van der Waals surface area (Å²) in [5.74, 6) is -0.234. The van der Waals surface area contributed by atoms with Gasteiger partial charge in [0, 0.05) is 18.2 Å². The molecule has 1 aromatic carbocycles. The first-order valence-electron chi connectivity index (χ1n) is 6.73. The van der Waals surface area contributed by atoms with Gasteiger partial charge in [0.15, 0.2) is 0 Å². The Kier molecular flexibility index (Phi) is 5.55. The van der Waals surface area contributed by atoms with E-state index in [2.05, 4.69) is 5.32 Å². The van der Waals surface area contributed by atoms with E-state index in [1.54, 1.807) is 19.1 Å². The van der Waals surface area contributed by atoms with E-state index >= 15 is 0 Å². The van der Waals surface area contributed by atoms with E-state index in [9.17, 15) is 14.7 Å². The molecule has 0 radical (unpaired) electrons. The summed E-state index contributed by atoms with van der Waals surface area (Å²) in [7, 11) is 0. The van der Waals surface area contributed by atoms with Crippen molar-refractivity contribution in [3.63, 3.8) is 0 Å². The van der Waals surface area contributed by atoms with Crippen LogP contribution in [-0.4, -0.2) is 41.0 Å². The number of hydrogen-bond acceptors (Lipinski definition) is 3. The second-order valence-corrected chi connectivity index (χ2v) is 5.04. The van der Waals surface area contributed by atoms with Crippen molar-refractivity contribution >= 4 is 11.8 Å². The minimum atomic E-state index is -0.213. The average Bonchev–Trinajstić information content (AvgIpc) is 2.37. The predicted octanol–water partition coefficient (Wildman–Crippen LogP) is 1.69. The molecule has 0 saturated heterocycles. The van der Waals surface area contributed by atoms with E-state index in [0.29, 0.717) is 17.7 Å². The summed E-state index contributed by atoms with van der Waals surface area (Å²) in [5, 5.41) is 12.2. The summed E-state index contributed by atoms with van der Waals surface area (Å²) in [6.45, 7) is 7.79. The predicted molar refractivity (Wildman–Crippen MR) is 77.7 cm³/mol. The fourth-order valence-corrected chi connectivity index (χ4v) is 1.84. The summed E-state index contributed by atoms with van der Waals surface area (Å²) >= 11 is 0. The molecule has 0 fully saturated rings. The quantitative estimate of drug-likeness (QED) is 0.861. The monoisotopic (exact) mass is 278 g/mol. The fraction of sp³-hybridized carbons (Fsp3) is 0.467. The van der Waals surface area contributed by atoms with Crippen LogP contribution in [0.15, 0.2) is 18.2 Å². The maximum Gasteiger partial charge on any atom is 0.254 e. The van der Waals surface area contributed by atoms with E-state index in [1.165, 1.54) is 11.0 Å². The molecular weight excluding hydrogens is 256 g/mol. The van der Waals surface area contributed by atoms with Crippen LogP contribution in [0.5, 0.6) is 5.75 Å². The maximum absolute atomic E-state index is 12.3. The number of benzene rings is 1. The van der Waals surface area contributed by atoms with Crippen LogP contribution < -0.4 is 5.32 Å². The first-order chi connectivity index (χ1) is 9.35. The van der Waals surface area contributed by atoms with Crippen molar-refractivity contribution in [3.8, 4) is 5.75 Å². The molecule has 0 unspecified atom stereocenters. The van der Waals surface area contributed by atoms with Crippen molar-refractivity contribution < 1.29 is 14.7 Å². The number of rotatable bonds is 5. The third-order valence-electron chi connectivity index (χ3n) is 2.90. The largest absolute Gasteiger partial charge is 0.508 e. The molecule has 1 rings (SSSR count). The Morgan fingerprint density at radius 3 is 2.50 bits per heavy atom. The molecule has 0 heterocycles. The molecule has 2 N–H and O–H groups in total. The van der Waals surface area contributed by atoms with Crippen LogP contribution in [0.4, 0.5) is 0 Å². The lowest BCUT2D eigenvalue weighted by Gasteiger charge is -2.21. The first-order valence-corrected chi connectivity index (χ1v) is 6.73. The number of aryl methyl sites for hydroxylation is 1. The van der Waals surface area contributed by atoms with Crippen molar-refractivity contribution in [2.45, 2.75) is 33.7 Å². The van der Waals surface area contributed by atoms with Gasteiger partial charge in [0.05, 0.1) is 6.54 Å². The number of nitrogens with zero attached hydrogens (tertiary/aromatic N) is 1. The molecule has 0 aromatic heterocycles. The van der Waals surface area contributed by atoms with E-state index in [1.807, 2.05) is 20.8 Å². The zero-order chi connectivity index (χ0) is 15.3. The molecule has 20 heavy (non-hydrogen) atoms. The van der Waals surface area contributed by atoms with Gasteiger partial charge >= 0.3 is 0 Å². The molecule has 2 amide bonds. The highest BCUT2D eigenvalue weighted by Gasteiger charge is 2.18. The lowest BCUT2D eigenvalue weighted by atomic mass is 10.1. The van der Waals surface area contributed by atoms with Gasteiger partial charge in [-0.15, -0.1) is 0 Å². The van der Waals surface area contributed by atoms with Crippen LogP contribution in [-0.2, 0) is 4.79 Å². The Bertz CT molecular complexity index is 498. The molecule has 0 aliphatic rings. The molecular formula is C15H22N2O3. The zero-order valence-electron chi connectivity index (χ0n) is 12.4. The van der Waals surface area contributed by atoms with Gasteiger partial charge in [0.25, 0.3) is 5.91 Å². The van der Waals surface area contributed by atoms with E-state index in [-0.39, 0.29) is 30.2 Å². The van der Waals surface area contributed by atoms with Crippen molar-refractivity contribution in [3.05, 3.63) is 29.3 Å². The van der Waals surface area contributed by atoms with Crippen LogP contribution in [0, 0.1) is 6.92 Å². The third-order valence-corrected chi connectivity index (χ3v) is 2.90. The lowest BCUT2D eigenvalue weighted by molar-refractivity contribution is -0.122. The van der Waals surface area contributed by atoms with Gasteiger partial charge in [-0.1, -0.05) is 0 Å². The molecule has 0 atom stereocenters. The number of aromatic hydroxyl groups is 1. The van der Waals surface area contributed by atoms with Crippen molar-refractivity contribution in [1.82, 2.24) is 10.2 Å². The Morgan fingerprint density at radius 2 is 2.00 bits per heavy atom. The van der Waals surface area contributed by atoms with E-state index in [0.717, 1.165) is 0 Å². The topological polar surface area (TPSA) is 69.6 Å². The first kappa shape index (κ1) is 16.0. The van der Waals surface area contributed by atoms with Gasteiger partial charge in [-0.05, 0) is 51.5 Å². The van der Waals surface area contributed by atoms with Crippen LogP contribution in [0.2, 0.25) is 0 Å².